The van der Waals surface area contributed by atoms with Crippen molar-refractivity contribution in [3.63, 3.8) is 0 Å². The first-order valence-corrected chi connectivity index (χ1v) is 8.09. The Morgan fingerprint density at radius 2 is 1.96 bits per heavy atom. The molecule has 6 nitrogen and oxygen atoms in total. The molecule has 0 unspecified atom stereocenters. The summed E-state index contributed by atoms with van der Waals surface area (Å²) in [6.07, 6.45) is 0. The normalized spacial score (nSPS) is 11.0. The summed E-state index contributed by atoms with van der Waals surface area (Å²) >= 11 is 1.57. The van der Waals surface area contributed by atoms with E-state index >= 15 is 0 Å². The van der Waals surface area contributed by atoms with E-state index in [0.717, 1.165) is 15.2 Å². The summed E-state index contributed by atoms with van der Waals surface area (Å²) in [5, 5.41) is 11.0. The molecule has 0 bridgehead atoms. The number of rotatable bonds is 2. The molecule has 0 aliphatic heterocycles. The van der Waals surface area contributed by atoms with E-state index in [1.165, 1.54) is 0 Å². The maximum absolute atomic E-state index is 12.6. The van der Waals surface area contributed by atoms with Gasteiger partial charge in [0.25, 0.3) is 11.5 Å². The lowest BCUT2D eigenvalue weighted by atomic mass is 10.1. The van der Waals surface area contributed by atoms with E-state index < -0.39 is 0 Å². The predicted molar refractivity (Wildman–Crippen MR) is 94.7 cm³/mol. The van der Waals surface area contributed by atoms with Gasteiger partial charge in [-0.25, -0.2) is 10.1 Å². The van der Waals surface area contributed by atoms with Crippen LogP contribution in [-0.4, -0.2) is 21.1 Å². The Labute approximate surface area is 140 Å². The second kappa shape index (κ2) is 5.54. The molecule has 2 aromatic carbocycles. The molecular formula is C17H12N4O2S. The lowest BCUT2D eigenvalue weighted by Crippen LogP contribution is -2.19. The molecule has 24 heavy (non-hydrogen) atoms. The van der Waals surface area contributed by atoms with Crippen molar-refractivity contribution in [3.05, 3.63) is 63.5 Å². The van der Waals surface area contributed by atoms with Crippen molar-refractivity contribution in [1.82, 2.24) is 15.2 Å². The van der Waals surface area contributed by atoms with Gasteiger partial charge in [-0.15, -0.1) is 11.3 Å². The molecule has 0 atom stereocenters. The quantitative estimate of drug-likeness (QED) is 0.589. The maximum atomic E-state index is 12.6. The Bertz CT molecular complexity index is 1150. The molecule has 118 valence electrons. The van der Waals surface area contributed by atoms with E-state index in [1.807, 2.05) is 19.1 Å². The third-order valence-electron chi connectivity index (χ3n) is 3.66. The number of aryl methyl sites for hydroxylation is 1. The maximum Gasteiger partial charge on any atom is 0.276 e. The van der Waals surface area contributed by atoms with E-state index in [-0.39, 0.29) is 17.2 Å². The molecule has 0 saturated heterocycles. The Morgan fingerprint density at radius 3 is 2.79 bits per heavy atom. The standard InChI is InChI=1S/C17H12N4O2S/c1-9-18-13-7-6-10(8-14(13)24-9)19-17(23)15-11-4-2-3-5-12(11)16(22)21-20-15/h2-8H,1H3,(H,19,23)(H,21,22). The highest BCUT2D eigenvalue weighted by molar-refractivity contribution is 7.18. The molecule has 1 amide bonds. The van der Waals surface area contributed by atoms with Gasteiger partial charge in [0.1, 0.15) is 0 Å². The molecule has 0 spiro atoms. The molecule has 0 fully saturated rings. The molecule has 7 heteroatoms. The van der Waals surface area contributed by atoms with Gasteiger partial charge in [0, 0.05) is 11.1 Å². The molecule has 2 heterocycles. The number of hydrogen-bond donors (Lipinski definition) is 2. The number of carbonyl (C=O) groups is 1. The van der Waals surface area contributed by atoms with Crippen molar-refractivity contribution >= 4 is 43.9 Å². The second-order valence-corrected chi connectivity index (χ2v) is 6.55. The van der Waals surface area contributed by atoms with Crippen molar-refractivity contribution in [2.24, 2.45) is 0 Å². The van der Waals surface area contributed by atoms with E-state index in [4.69, 9.17) is 0 Å². The van der Waals surface area contributed by atoms with Crippen LogP contribution in [0.2, 0.25) is 0 Å². The van der Waals surface area contributed by atoms with Crippen LogP contribution in [0.25, 0.3) is 21.0 Å². The summed E-state index contributed by atoms with van der Waals surface area (Å²) < 4.78 is 1.00. The third-order valence-corrected chi connectivity index (χ3v) is 4.60. The van der Waals surface area contributed by atoms with Gasteiger partial charge in [-0.3, -0.25) is 9.59 Å². The van der Waals surface area contributed by atoms with Crippen LogP contribution in [0.1, 0.15) is 15.5 Å². The van der Waals surface area contributed by atoms with Crippen molar-refractivity contribution in [2.45, 2.75) is 6.92 Å². The number of fused-ring (bicyclic) bond motifs is 2. The van der Waals surface area contributed by atoms with Crippen LogP contribution in [-0.2, 0) is 0 Å². The van der Waals surface area contributed by atoms with Crippen LogP contribution < -0.4 is 10.9 Å². The van der Waals surface area contributed by atoms with Crippen LogP contribution >= 0.6 is 11.3 Å². The minimum absolute atomic E-state index is 0.186. The Kier molecular flexibility index (Phi) is 3.35. The fourth-order valence-corrected chi connectivity index (χ4v) is 3.46. The molecule has 4 aromatic rings. The van der Waals surface area contributed by atoms with Crippen LogP contribution in [0, 0.1) is 6.92 Å². The monoisotopic (exact) mass is 336 g/mol. The summed E-state index contributed by atoms with van der Waals surface area (Å²) in [7, 11) is 0. The summed E-state index contributed by atoms with van der Waals surface area (Å²) in [6.45, 7) is 1.94. The van der Waals surface area contributed by atoms with Gasteiger partial charge in [0.2, 0.25) is 0 Å². The highest BCUT2D eigenvalue weighted by Gasteiger charge is 2.14. The number of aromatic nitrogens is 3. The van der Waals surface area contributed by atoms with Crippen LogP contribution in [0.4, 0.5) is 5.69 Å². The fourth-order valence-electron chi connectivity index (χ4n) is 2.60. The predicted octanol–water partition coefficient (Wildman–Crippen LogP) is 3.09. The zero-order valence-electron chi connectivity index (χ0n) is 12.7. The molecule has 0 aliphatic carbocycles. The minimum Gasteiger partial charge on any atom is -0.321 e. The van der Waals surface area contributed by atoms with E-state index in [0.29, 0.717) is 16.5 Å². The van der Waals surface area contributed by atoms with Crippen LogP contribution in [0.3, 0.4) is 0 Å². The molecule has 0 radical (unpaired) electrons. The number of H-pyrrole nitrogens is 1. The van der Waals surface area contributed by atoms with Gasteiger partial charge < -0.3 is 5.32 Å². The highest BCUT2D eigenvalue weighted by atomic mass is 32.1. The number of hydrogen-bond acceptors (Lipinski definition) is 5. The number of benzene rings is 2. The minimum atomic E-state index is -0.372. The Hall–Kier alpha value is -3.06. The Balaban J connectivity index is 1.73. The Morgan fingerprint density at radius 1 is 1.17 bits per heavy atom. The van der Waals surface area contributed by atoms with Gasteiger partial charge in [-0.05, 0) is 31.2 Å². The SMILES string of the molecule is Cc1nc2ccc(NC(=O)c3n[nH]c(=O)c4ccccc34)cc2s1. The number of nitrogens with one attached hydrogen (secondary N) is 2. The lowest BCUT2D eigenvalue weighted by Gasteiger charge is -2.06. The topological polar surface area (TPSA) is 87.7 Å². The zero-order valence-corrected chi connectivity index (χ0v) is 13.5. The number of nitrogens with zero attached hydrogens (tertiary/aromatic N) is 2. The smallest absolute Gasteiger partial charge is 0.276 e. The summed E-state index contributed by atoms with van der Waals surface area (Å²) in [5.41, 5.74) is 1.44. The third kappa shape index (κ3) is 2.44. The number of aromatic amines is 1. The molecule has 0 aliphatic rings. The molecule has 4 rings (SSSR count). The van der Waals surface area contributed by atoms with Crippen LogP contribution in [0.5, 0.6) is 0 Å². The van der Waals surface area contributed by atoms with Gasteiger partial charge in [0.15, 0.2) is 5.69 Å². The molecular weight excluding hydrogens is 324 g/mol. The first-order chi connectivity index (χ1) is 11.6. The second-order valence-electron chi connectivity index (χ2n) is 5.32. The zero-order chi connectivity index (χ0) is 16.7. The van der Waals surface area contributed by atoms with E-state index in [9.17, 15) is 9.59 Å². The largest absolute Gasteiger partial charge is 0.321 e. The summed E-state index contributed by atoms with van der Waals surface area (Å²) in [4.78, 5) is 28.8. The van der Waals surface area contributed by atoms with Crippen molar-refractivity contribution in [2.75, 3.05) is 5.32 Å². The van der Waals surface area contributed by atoms with Gasteiger partial charge in [-0.2, -0.15) is 5.10 Å². The molecule has 0 saturated carbocycles. The van der Waals surface area contributed by atoms with E-state index in [2.05, 4.69) is 20.5 Å². The summed E-state index contributed by atoms with van der Waals surface area (Å²) in [5.74, 6) is -0.372. The van der Waals surface area contributed by atoms with Gasteiger partial charge >= 0.3 is 0 Å². The van der Waals surface area contributed by atoms with Gasteiger partial charge in [-0.1, -0.05) is 18.2 Å². The van der Waals surface area contributed by atoms with Crippen molar-refractivity contribution in [3.8, 4) is 0 Å². The lowest BCUT2D eigenvalue weighted by molar-refractivity contribution is 0.102. The molecule has 2 N–H and O–H groups in total. The summed E-state index contributed by atoms with van der Waals surface area (Å²) in [6, 6.07) is 12.4. The average molecular weight is 336 g/mol. The highest BCUT2D eigenvalue weighted by Crippen LogP contribution is 2.25. The molecule has 2 aromatic heterocycles. The van der Waals surface area contributed by atoms with Crippen molar-refractivity contribution < 1.29 is 4.79 Å². The number of thiazole rings is 1. The number of carbonyl (C=O) groups excluding carboxylic acids is 1. The van der Waals surface area contributed by atoms with Gasteiger partial charge in [0.05, 0.1) is 20.6 Å². The van der Waals surface area contributed by atoms with Crippen LogP contribution in [0.15, 0.2) is 47.3 Å². The number of amides is 1. The van der Waals surface area contributed by atoms with E-state index in [1.54, 1.807) is 41.7 Å². The first-order valence-electron chi connectivity index (χ1n) is 7.28. The van der Waals surface area contributed by atoms with Crippen molar-refractivity contribution in [1.29, 1.82) is 0 Å². The number of anilines is 1. The fraction of sp³-hybridized carbons (Fsp3) is 0.0588. The average Bonchev–Trinajstić information content (AvgIpc) is 2.94. The first kappa shape index (κ1) is 14.5.